The van der Waals surface area contributed by atoms with Gasteiger partial charge in [-0.1, -0.05) is 27.5 Å². The third-order valence-corrected chi connectivity index (χ3v) is 4.20. The van der Waals surface area contributed by atoms with Gasteiger partial charge in [0.2, 0.25) is 5.91 Å². The number of anilines is 1. The highest BCUT2D eigenvalue weighted by molar-refractivity contribution is 9.10. The predicted molar refractivity (Wildman–Crippen MR) is 102 cm³/mol. The number of halogens is 2. The van der Waals surface area contributed by atoms with Crippen LogP contribution in [0.1, 0.15) is 12.8 Å². The van der Waals surface area contributed by atoms with Crippen LogP contribution >= 0.6 is 27.5 Å². The Balaban J connectivity index is 1.42. The van der Waals surface area contributed by atoms with Gasteiger partial charge in [-0.3, -0.25) is 9.36 Å². The molecule has 0 fully saturated rings. The summed E-state index contributed by atoms with van der Waals surface area (Å²) in [7, 11) is 0. The number of hydrogen-bond donors (Lipinski definition) is 1. The first-order valence-electron chi connectivity index (χ1n) is 7.80. The van der Waals surface area contributed by atoms with E-state index in [9.17, 15) is 4.79 Å². The molecule has 9 heteroatoms. The molecule has 26 heavy (non-hydrogen) atoms. The smallest absolute Gasteiger partial charge is 0.224 e. The van der Waals surface area contributed by atoms with Crippen molar-refractivity contribution in [1.82, 2.24) is 19.7 Å². The van der Waals surface area contributed by atoms with E-state index in [0.717, 1.165) is 4.47 Å². The summed E-state index contributed by atoms with van der Waals surface area (Å²) in [6, 6.07) is 8.95. The molecule has 0 spiro atoms. The predicted octanol–water partition coefficient (Wildman–Crippen LogP) is 3.88. The molecule has 134 valence electrons. The first kappa shape index (κ1) is 18.3. The van der Waals surface area contributed by atoms with Crippen molar-refractivity contribution >= 4 is 39.1 Å². The van der Waals surface area contributed by atoms with Crippen molar-refractivity contribution in [2.75, 3.05) is 11.9 Å². The molecule has 3 rings (SSSR count). The Morgan fingerprint density at radius 1 is 1.23 bits per heavy atom. The second kappa shape index (κ2) is 8.77. The number of aromatic nitrogens is 4. The SMILES string of the molecule is O=C(CCCOc1ccc(Br)cc1Cl)Nc1ccc(-n2cnnc2)nc1. The lowest BCUT2D eigenvalue weighted by molar-refractivity contribution is -0.116. The molecular formula is C17H15BrClN5O2. The van der Waals surface area contributed by atoms with Gasteiger partial charge in [-0.25, -0.2) is 4.98 Å². The van der Waals surface area contributed by atoms with Gasteiger partial charge in [0.1, 0.15) is 24.2 Å². The molecule has 0 aliphatic carbocycles. The summed E-state index contributed by atoms with van der Waals surface area (Å²) in [6.45, 7) is 0.402. The highest BCUT2D eigenvalue weighted by atomic mass is 79.9. The van der Waals surface area contributed by atoms with Gasteiger partial charge in [0, 0.05) is 10.9 Å². The van der Waals surface area contributed by atoms with E-state index >= 15 is 0 Å². The molecule has 3 aromatic rings. The standard InChI is InChI=1S/C17H15BrClN5O2/c18-12-3-5-15(14(19)8-12)26-7-1-2-17(25)23-13-4-6-16(20-9-13)24-10-21-22-11-24/h3-6,8-11H,1-2,7H2,(H,23,25). The van der Waals surface area contributed by atoms with E-state index in [0.29, 0.717) is 41.7 Å². The summed E-state index contributed by atoms with van der Waals surface area (Å²) in [6.07, 6.45) is 5.60. The fraction of sp³-hybridized carbons (Fsp3) is 0.176. The Hall–Kier alpha value is -2.45. The van der Waals surface area contributed by atoms with Crippen molar-refractivity contribution in [2.24, 2.45) is 0 Å². The van der Waals surface area contributed by atoms with Crippen molar-refractivity contribution in [2.45, 2.75) is 12.8 Å². The molecule has 0 radical (unpaired) electrons. The molecule has 1 aromatic carbocycles. The lowest BCUT2D eigenvalue weighted by Gasteiger charge is -2.09. The molecule has 2 aromatic heterocycles. The van der Waals surface area contributed by atoms with E-state index in [-0.39, 0.29) is 5.91 Å². The number of pyridine rings is 1. The summed E-state index contributed by atoms with van der Waals surface area (Å²) in [5, 5.41) is 10.8. The van der Waals surface area contributed by atoms with Gasteiger partial charge in [0.25, 0.3) is 0 Å². The minimum absolute atomic E-state index is 0.102. The Labute approximate surface area is 163 Å². The number of amides is 1. The van der Waals surface area contributed by atoms with Gasteiger partial charge >= 0.3 is 0 Å². The van der Waals surface area contributed by atoms with Gasteiger partial charge in [0.15, 0.2) is 0 Å². The molecule has 0 atom stereocenters. The first-order chi connectivity index (χ1) is 12.6. The van der Waals surface area contributed by atoms with Gasteiger partial charge < -0.3 is 10.1 Å². The zero-order valence-electron chi connectivity index (χ0n) is 13.6. The fourth-order valence-corrected chi connectivity index (χ4v) is 2.89. The summed E-state index contributed by atoms with van der Waals surface area (Å²) in [4.78, 5) is 16.2. The van der Waals surface area contributed by atoms with Gasteiger partial charge in [-0.2, -0.15) is 0 Å². The second-order valence-electron chi connectivity index (χ2n) is 5.35. The van der Waals surface area contributed by atoms with Crippen LogP contribution in [0.15, 0.2) is 53.7 Å². The van der Waals surface area contributed by atoms with E-state index in [4.69, 9.17) is 16.3 Å². The number of benzene rings is 1. The summed E-state index contributed by atoms with van der Waals surface area (Å²) < 4.78 is 8.15. The van der Waals surface area contributed by atoms with Crippen LogP contribution < -0.4 is 10.1 Å². The van der Waals surface area contributed by atoms with Gasteiger partial charge in [-0.05, 0) is 36.8 Å². The Morgan fingerprint density at radius 3 is 2.73 bits per heavy atom. The zero-order valence-corrected chi connectivity index (χ0v) is 15.9. The second-order valence-corrected chi connectivity index (χ2v) is 6.67. The minimum atomic E-state index is -0.102. The van der Waals surface area contributed by atoms with E-state index < -0.39 is 0 Å². The number of nitrogens with one attached hydrogen (secondary N) is 1. The normalized spacial score (nSPS) is 10.5. The van der Waals surface area contributed by atoms with Crippen molar-refractivity contribution in [3.05, 3.63) is 58.7 Å². The summed E-state index contributed by atoms with van der Waals surface area (Å²) >= 11 is 9.42. The van der Waals surface area contributed by atoms with Gasteiger partial charge in [-0.15, -0.1) is 10.2 Å². The fourth-order valence-electron chi connectivity index (χ4n) is 2.16. The molecule has 0 aliphatic rings. The van der Waals surface area contributed by atoms with Crippen LogP contribution in [0.3, 0.4) is 0 Å². The maximum Gasteiger partial charge on any atom is 0.224 e. The van der Waals surface area contributed by atoms with Crippen LogP contribution in [0.5, 0.6) is 5.75 Å². The molecule has 1 amide bonds. The first-order valence-corrected chi connectivity index (χ1v) is 8.98. The largest absolute Gasteiger partial charge is 0.492 e. The zero-order chi connectivity index (χ0) is 18.4. The van der Waals surface area contributed by atoms with E-state index in [1.54, 1.807) is 47.7 Å². The van der Waals surface area contributed by atoms with E-state index in [1.165, 1.54) is 0 Å². The molecule has 0 saturated carbocycles. The highest BCUT2D eigenvalue weighted by Crippen LogP contribution is 2.27. The number of hydrogen-bond acceptors (Lipinski definition) is 5. The topological polar surface area (TPSA) is 81.9 Å². The Bertz CT molecular complexity index is 871. The average Bonchev–Trinajstić information content (AvgIpc) is 3.15. The van der Waals surface area contributed by atoms with Crippen LogP contribution in [0.2, 0.25) is 5.02 Å². The molecule has 0 bridgehead atoms. The lowest BCUT2D eigenvalue weighted by Crippen LogP contribution is -2.13. The molecule has 2 heterocycles. The summed E-state index contributed by atoms with van der Waals surface area (Å²) in [5.41, 5.74) is 0.628. The third kappa shape index (κ3) is 5.03. The molecule has 0 unspecified atom stereocenters. The molecular weight excluding hydrogens is 422 g/mol. The number of carbonyl (C=O) groups is 1. The van der Waals surface area contributed by atoms with Crippen LogP contribution in [0.4, 0.5) is 5.69 Å². The maximum absolute atomic E-state index is 12.0. The molecule has 1 N–H and O–H groups in total. The van der Waals surface area contributed by atoms with Crippen LogP contribution in [-0.2, 0) is 4.79 Å². The number of rotatable bonds is 7. The molecule has 7 nitrogen and oxygen atoms in total. The van der Waals surface area contributed by atoms with Crippen LogP contribution in [0.25, 0.3) is 5.82 Å². The Morgan fingerprint density at radius 2 is 2.04 bits per heavy atom. The average molecular weight is 437 g/mol. The highest BCUT2D eigenvalue weighted by Gasteiger charge is 2.06. The van der Waals surface area contributed by atoms with Crippen LogP contribution in [0, 0.1) is 0 Å². The maximum atomic E-state index is 12.0. The minimum Gasteiger partial charge on any atom is -0.492 e. The molecule has 0 aliphatic heterocycles. The van der Waals surface area contributed by atoms with Crippen LogP contribution in [-0.4, -0.2) is 32.3 Å². The van der Waals surface area contributed by atoms with Gasteiger partial charge in [0.05, 0.1) is 23.5 Å². The monoisotopic (exact) mass is 435 g/mol. The quantitative estimate of drug-likeness (QED) is 0.569. The Kier molecular flexibility index (Phi) is 6.19. The van der Waals surface area contributed by atoms with Crippen molar-refractivity contribution in [3.8, 4) is 11.6 Å². The molecule has 0 saturated heterocycles. The number of ether oxygens (including phenoxy) is 1. The lowest BCUT2D eigenvalue weighted by atomic mass is 10.3. The number of nitrogens with zero attached hydrogens (tertiary/aromatic N) is 4. The van der Waals surface area contributed by atoms with Crippen molar-refractivity contribution < 1.29 is 9.53 Å². The third-order valence-electron chi connectivity index (χ3n) is 3.41. The van der Waals surface area contributed by atoms with E-state index in [2.05, 4.69) is 36.4 Å². The van der Waals surface area contributed by atoms with Crippen molar-refractivity contribution in [3.63, 3.8) is 0 Å². The van der Waals surface area contributed by atoms with Crippen molar-refractivity contribution in [1.29, 1.82) is 0 Å². The number of carbonyl (C=O) groups excluding carboxylic acids is 1. The van der Waals surface area contributed by atoms with E-state index in [1.807, 2.05) is 6.07 Å². The summed E-state index contributed by atoms with van der Waals surface area (Å²) in [5.74, 6) is 1.17.